The fourth-order valence-electron chi connectivity index (χ4n) is 0.967. The van der Waals surface area contributed by atoms with Gasteiger partial charge in [0.15, 0.2) is 0 Å². The minimum atomic E-state index is -0.306. The molecule has 0 spiro atoms. The molecule has 0 aromatic carbocycles. The van der Waals surface area contributed by atoms with Gasteiger partial charge in [-0.05, 0) is 12.3 Å². The third kappa shape index (κ3) is 12.0. The Kier molecular flexibility index (Phi) is 13.0. The molecule has 0 aromatic heterocycles. The monoisotopic (exact) mass is 234 g/mol. The SMILES string of the molecule is CC(C)(CO)CO.CCCCC(CC)CO. The van der Waals surface area contributed by atoms with Crippen LogP contribution in [0.5, 0.6) is 0 Å². The van der Waals surface area contributed by atoms with E-state index in [1.807, 2.05) is 0 Å². The summed E-state index contributed by atoms with van der Waals surface area (Å²) in [5.41, 5.74) is -0.306. The Morgan fingerprint density at radius 2 is 1.50 bits per heavy atom. The summed E-state index contributed by atoms with van der Waals surface area (Å²) < 4.78 is 0. The zero-order valence-corrected chi connectivity index (χ0v) is 11.4. The Balaban J connectivity index is 0. The maximum absolute atomic E-state index is 8.75. The zero-order valence-electron chi connectivity index (χ0n) is 11.4. The minimum absolute atomic E-state index is 0.0451. The van der Waals surface area contributed by atoms with E-state index in [9.17, 15) is 0 Å². The maximum Gasteiger partial charge on any atom is 0.0504 e. The Morgan fingerprint density at radius 1 is 1.00 bits per heavy atom. The molecule has 0 rings (SSSR count). The van der Waals surface area contributed by atoms with Crippen molar-refractivity contribution in [2.24, 2.45) is 11.3 Å². The molecule has 0 aliphatic heterocycles. The summed E-state index contributed by atoms with van der Waals surface area (Å²) in [4.78, 5) is 0. The van der Waals surface area contributed by atoms with Crippen molar-refractivity contribution < 1.29 is 15.3 Å². The first-order valence-corrected chi connectivity index (χ1v) is 6.29. The first-order chi connectivity index (χ1) is 7.47. The van der Waals surface area contributed by atoms with Gasteiger partial charge in [0.2, 0.25) is 0 Å². The summed E-state index contributed by atoms with van der Waals surface area (Å²) in [6.45, 7) is 8.38. The standard InChI is InChI=1S/C8H18O.C5H12O2/c1-3-5-6-8(4-2)7-9;1-5(2,3-6)4-7/h8-9H,3-7H2,1-2H3;6-7H,3-4H2,1-2H3. The molecule has 100 valence electrons. The quantitative estimate of drug-likeness (QED) is 0.633. The van der Waals surface area contributed by atoms with Crippen LogP contribution in [0.2, 0.25) is 0 Å². The fraction of sp³-hybridized carbons (Fsp3) is 1.00. The molecule has 3 heteroatoms. The molecular weight excluding hydrogens is 204 g/mol. The van der Waals surface area contributed by atoms with E-state index in [1.54, 1.807) is 13.8 Å². The molecule has 0 fully saturated rings. The Morgan fingerprint density at radius 3 is 1.69 bits per heavy atom. The lowest BCUT2D eigenvalue weighted by Gasteiger charge is -2.16. The highest BCUT2D eigenvalue weighted by atomic mass is 16.3. The van der Waals surface area contributed by atoms with E-state index in [-0.39, 0.29) is 18.6 Å². The van der Waals surface area contributed by atoms with Gasteiger partial charge in [-0.15, -0.1) is 0 Å². The van der Waals surface area contributed by atoms with Crippen LogP contribution in [0.3, 0.4) is 0 Å². The number of aliphatic hydroxyl groups is 3. The van der Waals surface area contributed by atoms with E-state index in [4.69, 9.17) is 15.3 Å². The first kappa shape index (κ1) is 18.3. The van der Waals surface area contributed by atoms with Gasteiger partial charge in [0.05, 0.1) is 13.2 Å². The largest absolute Gasteiger partial charge is 0.396 e. The molecule has 0 saturated carbocycles. The summed E-state index contributed by atoms with van der Waals surface area (Å²) in [5.74, 6) is 0.560. The normalized spacial score (nSPS) is 12.9. The average molecular weight is 234 g/mol. The van der Waals surface area contributed by atoms with Crippen LogP contribution in [-0.2, 0) is 0 Å². The number of hydrogen-bond acceptors (Lipinski definition) is 3. The second-order valence-corrected chi connectivity index (χ2v) is 5.08. The molecular formula is C13H30O3. The van der Waals surface area contributed by atoms with Crippen molar-refractivity contribution in [3.05, 3.63) is 0 Å². The van der Waals surface area contributed by atoms with Crippen LogP contribution >= 0.6 is 0 Å². The molecule has 16 heavy (non-hydrogen) atoms. The molecule has 1 atom stereocenters. The van der Waals surface area contributed by atoms with Crippen LogP contribution < -0.4 is 0 Å². The summed E-state index contributed by atoms with van der Waals surface area (Å²) in [6, 6.07) is 0. The second-order valence-electron chi connectivity index (χ2n) is 5.08. The van der Waals surface area contributed by atoms with Crippen LogP contribution in [0.1, 0.15) is 53.4 Å². The summed E-state index contributed by atoms with van der Waals surface area (Å²) in [6.07, 6.45) is 4.83. The highest BCUT2D eigenvalue weighted by Gasteiger charge is 2.13. The number of aliphatic hydroxyl groups excluding tert-OH is 3. The summed E-state index contributed by atoms with van der Waals surface area (Å²) in [5, 5.41) is 25.6. The van der Waals surface area contributed by atoms with Crippen molar-refractivity contribution in [1.82, 2.24) is 0 Å². The van der Waals surface area contributed by atoms with Gasteiger partial charge in [0, 0.05) is 12.0 Å². The van der Waals surface area contributed by atoms with Gasteiger partial charge in [-0.25, -0.2) is 0 Å². The molecule has 0 bridgehead atoms. The van der Waals surface area contributed by atoms with Crippen LogP contribution in [0.25, 0.3) is 0 Å². The van der Waals surface area contributed by atoms with Gasteiger partial charge in [-0.1, -0.05) is 47.0 Å². The maximum atomic E-state index is 8.75. The van der Waals surface area contributed by atoms with Gasteiger partial charge < -0.3 is 15.3 Å². The van der Waals surface area contributed by atoms with E-state index in [0.29, 0.717) is 12.5 Å². The van der Waals surface area contributed by atoms with Gasteiger partial charge in [0.1, 0.15) is 0 Å². The molecule has 0 aromatic rings. The lowest BCUT2D eigenvalue weighted by molar-refractivity contribution is 0.0857. The predicted molar refractivity (Wildman–Crippen MR) is 68.3 cm³/mol. The fourth-order valence-corrected chi connectivity index (χ4v) is 0.967. The van der Waals surface area contributed by atoms with Gasteiger partial charge in [0.25, 0.3) is 0 Å². The van der Waals surface area contributed by atoms with E-state index in [0.717, 1.165) is 6.42 Å². The van der Waals surface area contributed by atoms with Crippen molar-refractivity contribution in [2.45, 2.75) is 53.4 Å². The van der Waals surface area contributed by atoms with Crippen molar-refractivity contribution >= 4 is 0 Å². The lowest BCUT2D eigenvalue weighted by atomic mass is 9.97. The number of hydrogen-bond donors (Lipinski definition) is 3. The molecule has 3 N–H and O–H groups in total. The van der Waals surface area contributed by atoms with Gasteiger partial charge >= 0.3 is 0 Å². The summed E-state index contributed by atoms with van der Waals surface area (Å²) in [7, 11) is 0. The van der Waals surface area contributed by atoms with E-state index >= 15 is 0 Å². The molecule has 0 radical (unpaired) electrons. The van der Waals surface area contributed by atoms with E-state index < -0.39 is 0 Å². The highest BCUT2D eigenvalue weighted by Crippen LogP contribution is 2.10. The smallest absolute Gasteiger partial charge is 0.0504 e. The molecule has 0 aliphatic rings. The Bertz CT molecular complexity index is 125. The van der Waals surface area contributed by atoms with Crippen molar-refractivity contribution in [1.29, 1.82) is 0 Å². The van der Waals surface area contributed by atoms with Gasteiger partial charge in [-0.2, -0.15) is 0 Å². The molecule has 1 unspecified atom stereocenters. The van der Waals surface area contributed by atoms with E-state index in [2.05, 4.69) is 13.8 Å². The zero-order chi connectivity index (χ0) is 13.0. The third-order valence-corrected chi connectivity index (χ3v) is 2.66. The van der Waals surface area contributed by atoms with Gasteiger partial charge in [-0.3, -0.25) is 0 Å². The molecule has 0 heterocycles. The lowest BCUT2D eigenvalue weighted by Crippen LogP contribution is -2.20. The minimum Gasteiger partial charge on any atom is -0.396 e. The summed E-state index contributed by atoms with van der Waals surface area (Å²) >= 11 is 0. The van der Waals surface area contributed by atoms with Crippen LogP contribution in [0, 0.1) is 11.3 Å². The number of rotatable bonds is 7. The van der Waals surface area contributed by atoms with Crippen molar-refractivity contribution in [2.75, 3.05) is 19.8 Å². The molecule has 3 nitrogen and oxygen atoms in total. The molecule has 0 amide bonds. The number of unbranched alkanes of at least 4 members (excludes halogenated alkanes) is 1. The van der Waals surface area contributed by atoms with Crippen LogP contribution in [0.15, 0.2) is 0 Å². The molecule has 0 saturated heterocycles. The van der Waals surface area contributed by atoms with E-state index in [1.165, 1.54) is 19.3 Å². The average Bonchev–Trinajstić information content (AvgIpc) is 2.31. The Hall–Kier alpha value is -0.120. The van der Waals surface area contributed by atoms with Crippen LogP contribution in [-0.4, -0.2) is 35.1 Å². The van der Waals surface area contributed by atoms with Crippen LogP contribution in [0.4, 0.5) is 0 Å². The van der Waals surface area contributed by atoms with Crippen molar-refractivity contribution in [3.63, 3.8) is 0 Å². The first-order valence-electron chi connectivity index (χ1n) is 6.29. The second kappa shape index (κ2) is 11.4. The predicted octanol–water partition coefficient (Wildman–Crippen LogP) is 2.19. The topological polar surface area (TPSA) is 60.7 Å². The van der Waals surface area contributed by atoms with Crippen molar-refractivity contribution in [3.8, 4) is 0 Å². The molecule has 0 aliphatic carbocycles. The third-order valence-electron chi connectivity index (χ3n) is 2.66. The highest BCUT2D eigenvalue weighted by molar-refractivity contribution is 4.62. The Labute approximate surface area is 101 Å².